The van der Waals surface area contributed by atoms with Crippen LogP contribution < -0.4 is 5.32 Å². The Balaban J connectivity index is 2.31. The zero-order valence-electron chi connectivity index (χ0n) is 11.0. The molecule has 1 aromatic carbocycles. The van der Waals surface area contributed by atoms with Gasteiger partial charge in [-0.1, -0.05) is 13.0 Å². The molecule has 0 amide bonds. The second kappa shape index (κ2) is 5.51. The van der Waals surface area contributed by atoms with Crippen LogP contribution in [0.4, 0.5) is 11.4 Å². The van der Waals surface area contributed by atoms with Crippen molar-refractivity contribution in [2.24, 2.45) is 0 Å². The lowest BCUT2D eigenvalue weighted by Crippen LogP contribution is -2.04. The third kappa shape index (κ3) is 2.73. The number of aryl methyl sites for hydroxylation is 1. The topological polar surface area (TPSA) is 73.0 Å². The molecule has 0 spiro atoms. The Morgan fingerprint density at radius 2 is 2.26 bits per heavy atom. The molecule has 0 aliphatic rings. The van der Waals surface area contributed by atoms with Crippen molar-refractivity contribution in [3.05, 3.63) is 52.1 Å². The lowest BCUT2D eigenvalue weighted by molar-refractivity contribution is -0.384. The van der Waals surface area contributed by atoms with E-state index in [0.29, 0.717) is 12.2 Å². The summed E-state index contributed by atoms with van der Waals surface area (Å²) in [5.74, 6) is 0.973. The van der Waals surface area contributed by atoms with Crippen molar-refractivity contribution in [3.8, 4) is 0 Å². The first-order valence-electron chi connectivity index (χ1n) is 6.10. The molecule has 0 aliphatic carbocycles. The van der Waals surface area contributed by atoms with Crippen LogP contribution in [0.2, 0.25) is 0 Å². The third-order valence-electron chi connectivity index (χ3n) is 3.00. The van der Waals surface area contributed by atoms with Crippen molar-refractivity contribution in [1.82, 2.24) is 9.55 Å². The van der Waals surface area contributed by atoms with Crippen molar-refractivity contribution in [3.63, 3.8) is 0 Å². The highest BCUT2D eigenvalue weighted by Gasteiger charge is 2.13. The van der Waals surface area contributed by atoms with Crippen LogP contribution in [0.25, 0.3) is 0 Å². The highest BCUT2D eigenvalue weighted by atomic mass is 16.6. The second-order valence-electron chi connectivity index (χ2n) is 4.18. The fourth-order valence-corrected chi connectivity index (χ4v) is 2.03. The Morgan fingerprint density at radius 3 is 2.89 bits per heavy atom. The van der Waals surface area contributed by atoms with Gasteiger partial charge in [-0.05, 0) is 11.6 Å². The summed E-state index contributed by atoms with van der Waals surface area (Å²) in [4.78, 5) is 14.9. The van der Waals surface area contributed by atoms with Gasteiger partial charge in [0.2, 0.25) is 0 Å². The van der Waals surface area contributed by atoms with Gasteiger partial charge in [-0.2, -0.15) is 0 Å². The summed E-state index contributed by atoms with van der Waals surface area (Å²) < 4.78 is 2.00. The van der Waals surface area contributed by atoms with Gasteiger partial charge in [0.1, 0.15) is 11.5 Å². The average molecular weight is 260 g/mol. The van der Waals surface area contributed by atoms with Crippen LogP contribution in [0.1, 0.15) is 18.3 Å². The van der Waals surface area contributed by atoms with Crippen LogP contribution in [0.5, 0.6) is 0 Å². The number of rotatable bonds is 5. The summed E-state index contributed by atoms with van der Waals surface area (Å²) >= 11 is 0. The summed E-state index contributed by atoms with van der Waals surface area (Å²) in [6.45, 7) is 2.62. The molecule has 6 nitrogen and oxygen atoms in total. The molecule has 2 aromatic rings. The van der Waals surface area contributed by atoms with E-state index < -0.39 is 0 Å². The van der Waals surface area contributed by atoms with Gasteiger partial charge in [0.15, 0.2) is 0 Å². The number of nitro groups is 1. The van der Waals surface area contributed by atoms with Gasteiger partial charge in [0.05, 0.1) is 4.92 Å². The lowest BCUT2D eigenvalue weighted by atomic mass is 10.1. The molecule has 0 unspecified atom stereocenters. The van der Waals surface area contributed by atoms with Gasteiger partial charge in [0.25, 0.3) is 5.69 Å². The van der Waals surface area contributed by atoms with Crippen molar-refractivity contribution in [1.29, 1.82) is 0 Å². The van der Waals surface area contributed by atoms with Gasteiger partial charge < -0.3 is 9.88 Å². The fourth-order valence-electron chi connectivity index (χ4n) is 2.03. The Morgan fingerprint density at radius 1 is 1.47 bits per heavy atom. The molecule has 2 rings (SSSR count). The minimum absolute atomic E-state index is 0.0955. The molecule has 1 heterocycles. The minimum Gasteiger partial charge on any atom is -0.383 e. The Bertz CT molecular complexity index is 592. The molecule has 0 atom stereocenters. The van der Waals surface area contributed by atoms with E-state index in [0.717, 1.165) is 17.8 Å². The van der Waals surface area contributed by atoms with E-state index in [9.17, 15) is 10.1 Å². The van der Waals surface area contributed by atoms with Gasteiger partial charge in [-0.25, -0.2) is 4.98 Å². The number of hydrogen-bond acceptors (Lipinski definition) is 4. The molecule has 0 aliphatic heterocycles. The van der Waals surface area contributed by atoms with Gasteiger partial charge in [-0.3, -0.25) is 10.1 Å². The number of nitrogens with one attached hydrogen (secondary N) is 1. The van der Waals surface area contributed by atoms with Gasteiger partial charge in [-0.15, -0.1) is 0 Å². The number of aromatic nitrogens is 2. The number of anilines is 1. The molecular formula is C13H16N4O2. The molecule has 0 bridgehead atoms. The van der Waals surface area contributed by atoms with E-state index >= 15 is 0 Å². The smallest absolute Gasteiger partial charge is 0.292 e. The molecule has 0 saturated heterocycles. The molecule has 19 heavy (non-hydrogen) atoms. The second-order valence-corrected chi connectivity index (χ2v) is 4.18. The zero-order chi connectivity index (χ0) is 13.8. The average Bonchev–Trinajstić information content (AvgIpc) is 2.85. The summed E-state index contributed by atoms with van der Waals surface area (Å²) in [7, 11) is 1.67. The van der Waals surface area contributed by atoms with Crippen LogP contribution in [-0.4, -0.2) is 21.5 Å². The maximum atomic E-state index is 11.0. The highest BCUT2D eigenvalue weighted by molar-refractivity contribution is 5.62. The van der Waals surface area contributed by atoms with Crippen molar-refractivity contribution >= 4 is 11.4 Å². The van der Waals surface area contributed by atoms with Crippen molar-refractivity contribution in [2.45, 2.75) is 19.9 Å². The molecule has 0 radical (unpaired) electrons. The SMILES string of the molecule is CCc1nccn1Cc1ccc(NC)c([N+](=O)[O-])c1. The number of imidazole rings is 1. The highest BCUT2D eigenvalue weighted by Crippen LogP contribution is 2.25. The monoisotopic (exact) mass is 260 g/mol. The first-order valence-corrected chi connectivity index (χ1v) is 6.10. The van der Waals surface area contributed by atoms with Crippen molar-refractivity contribution < 1.29 is 4.92 Å². The van der Waals surface area contributed by atoms with E-state index in [2.05, 4.69) is 10.3 Å². The van der Waals surface area contributed by atoms with E-state index in [4.69, 9.17) is 0 Å². The van der Waals surface area contributed by atoms with Crippen LogP contribution in [0, 0.1) is 10.1 Å². The number of nitrogens with zero attached hydrogens (tertiary/aromatic N) is 3. The summed E-state index contributed by atoms with van der Waals surface area (Å²) in [6, 6.07) is 5.22. The minimum atomic E-state index is -0.371. The molecular weight excluding hydrogens is 244 g/mol. The van der Waals surface area contributed by atoms with Gasteiger partial charge in [0, 0.05) is 38.5 Å². The number of nitro benzene ring substituents is 1. The summed E-state index contributed by atoms with van der Waals surface area (Å²) in [6.07, 6.45) is 4.47. The maximum Gasteiger partial charge on any atom is 0.292 e. The van der Waals surface area contributed by atoms with Crippen LogP contribution in [0.3, 0.4) is 0 Å². The fraction of sp³-hybridized carbons (Fsp3) is 0.308. The molecule has 100 valence electrons. The van der Waals surface area contributed by atoms with E-state index in [1.807, 2.05) is 23.8 Å². The van der Waals surface area contributed by atoms with E-state index in [1.165, 1.54) is 0 Å². The van der Waals surface area contributed by atoms with Crippen LogP contribution in [0.15, 0.2) is 30.6 Å². The first kappa shape index (κ1) is 13.1. The quantitative estimate of drug-likeness (QED) is 0.662. The molecule has 0 fully saturated rings. The number of benzene rings is 1. The van der Waals surface area contributed by atoms with Crippen molar-refractivity contribution in [2.75, 3.05) is 12.4 Å². The zero-order valence-corrected chi connectivity index (χ0v) is 11.0. The predicted octanol–water partition coefficient (Wildman–Crippen LogP) is 2.44. The molecule has 1 N–H and O–H groups in total. The Labute approximate surface area is 111 Å². The normalized spacial score (nSPS) is 10.4. The summed E-state index contributed by atoms with van der Waals surface area (Å²) in [5.41, 5.74) is 1.51. The largest absolute Gasteiger partial charge is 0.383 e. The standard InChI is InChI=1S/C13H16N4O2/c1-3-13-15-6-7-16(13)9-10-4-5-11(14-2)12(8-10)17(18)19/h4-8,14H,3,9H2,1-2H3. The summed E-state index contributed by atoms with van der Waals surface area (Å²) in [5, 5.41) is 13.8. The number of hydrogen-bond donors (Lipinski definition) is 1. The molecule has 0 saturated carbocycles. The first-order chi connectivity index (χ1) is 9.15. The Kier molecular flexibility index (Phi) is 3.79. The van der Waals surface area contributed by atoms with Crippen LogP contribution in [-0.2, 0) is 13.0 Å². The maximum absolute atomic E-state index is 11.0. The van der Waals surface area contributed by atoms with Gasteiger partial charge >= 0.3 is 0 Å². The Hall–Kier alpha value is -2.37. The lowest BCUT2D eigenvalue weighted by Gasteiger charge is -2.08. The molecule has 1 aromatic heterocycles. The molecule has 6 heteroatoms. The van der Waals surface area contributed by atoms with Crippen LogP contribution >= 0.6 is 0 Å². The van der Waals surface area contributed by atoms with E-state index in [1.54, 1.807) is 25.4 Å². The van der Waals surface area contributed by atoms with E-state index in [-0.39, 0.29) is 10.6 Å². The predicted molar refractivity (Wildman–Crippen MR) is 73.4 cm³/mol. The third-order valence-corrected chi connectivity index (χ3v) is 3.00.